The highest BCUT2D eigenvalue weighted by molar-refractivity contribution is 6.22. The largest absolute Gasteiger partial charge is 0.309 e. The first-order valence-corrected chi connectivity index (χ1v) is 18.0. The van der Waals surface area contributed by atoms with Crippen molar-refractivity contribution in [2.24, 2.45) is 0 Å². The lowest BCUT2D eigenvalue weighted by Gasteiger charge is -2.13. The van der Waals surface area contributed by atoms with Gasteiger partial charge < -0.3 is 4.57 Å². The van der Waals surface area contributed by atoms with Crippen molar-refractivity contribution in [2.75, 3.05) is 0 Å². The van der Waals surface area contributed by atoms with Gasteiger partial charge in [-0.3, -0.25) is 4.57 Å². The van der Waals surface area contributed by atoms with Crippen molar-refractivity contribution in [1.82, 2.24) is 19.1 Å². The monoisotopic (exact) mass is 664 g/mol. The van der Waals surface area contributed by atoms with Crippen molar-refractivity contribution in [3.8, 4) is 34.0 Å². The van der Waals surface area contributed by atoms with Crippen molar-refractivity contribution in [1.29, 1.82) is 0 Å². The van der Waals surface area contributed by atoms with E-state index in [0.717, 1.165) is 51.6 Å². The van der Waals surface area contributed by atoms with Gasteiger partial charge in [-0.1, -0.05) is 121 Å². The number of benzene rings is 7. The molecule has 244 valence electrons. The molecule has 11 rings (SSSR count). The van der Waals surface area contributed by atoms with Crippen LogP contribution in [0.3, 0.4) is 0 Å². The highest BCUT2D eigenvalue weighted by Gasteiger charge is 2.19. The van der Waals surface area contributed by atoms with Gasteiger partial charge in [0, 0.05) is 38.0 Å². The molecular formula is C48H32N4. The third-order valence-electron chi connectivity index (χ3n) is 10.7. The molecule has 0 aliphatic heterocycles. The molecule has 3 heterocycles. The Kier molecular flexibility index (Phi) is 6.34. The maximum Gasteiger partial charge on any atom is 0.162 e. The molecule has 52 heavy (non-hydrogen) atoms. The lowest BCUT2D eigenvalue weighted by Crippen LogP contribution is -2.35. The van der Waals surface area contributed by atoms with Crippen LogP contribution in [0.5, 0.6) is 0 Å². The van der Waals surface area contributed by atoms with Gasteiger partial charge in [0.1, 0.15) is 5.82 Å². The first kappa shape index (κ1) is 29.0. The molecule has 0 unspecified atom stereocenters. The Hall–Kier alpha value is -6.78. The zero-order valence-electron chi connectivity index (χ0n) is 28.4. The molecule has 1 aliphatic carbocycles. The summed E-state index contributed by atoms with van der Waals surface area (Å²) in [7, 11) is 0. The summed E-state index contributed by atoms with van der Waals surface area (Å²) in [4.78, 5) is 10.4. The molecule has 0 saturated heterocycles. The van der Waals surface area contributed by atoms with E-state index < -0.39 is 0 Å². The predicted octanol–water partition coefficient (Wildman–Crippen LogP) is 10.5. The summed E-state index contributed by atoms with van der Waals surface area (Å²) in [6, 6.07) is 56.8. The average Bonchev–Trinajstić information content (AvgIpc) is 3.74. The summed E-state index contributed by atoms with van der Waals surface area (Å²) in [5.74, 6) is 1.68. The molecule has 0 amide bonds. The van der Waals surface area contributed by atoms with Crippen molar-refractivity contribution in [3.05, 3.63) is 168 Å². The molecule has 3 aromatic heterocycles. The Morgan fingerprint density at radius 2 is 1.04 bits per heavy atom. The van der Waals surface area contributed by atoms with E-state index in [4.69, 9.17) is 9.97 Å². The van der Waals surface area contributed by atoms with Crippen LogP contribution in [0.4, 0.5) is 0 Å². The van der Waals surface area contributed by atoms with Gasteiger partial charge in [-0.25, -0.2) is 9.97 Å². The lowest BCUT2D eigenvalue weighted by molar-refractivity contribution is 0.978. The van der Waals surface area contributed by atoms with Crippen LogP contribution in [-0.4, -0.2) is 19.1 Å². The van der Waals surface area contributed by atoms with Gasteiger partial charge in [0.2, 0.25) is 0 Å². The molecule has 0 spiro atoms. The van der Waals surface area contributed by atoms with Crippen LogP contribution in [0, 0.1) is 0 Å². The molecule has 1 aliphatic rings. The quantitative estimate of drug-likeness (QED) is 0.188. The first-order valence-electron chi connectivity index (χ1n) is 18.0. The summed E-state index contributed by atoms with van der Waals surface area (Å²) in [6.07, 6.45) is 6.53. The molecule has 4 nitrogen and oxygen atoms in total. The van der Waals surface area contributed by atoms with Crippen LogP contribution in [0.25, 0.3) is 101 Å². The summed E-state index contributed by atoms with van der Waals surface area (Å²) in [6.45, 7) is 0. The maximum atomic E-state index is 5.32. The van der Waals surface area contributed by atoms with Crippen molar-refractivity contribution in [2.45, 2.75) is 12.8 Å². The average molecular weight is 665 g/mol. The fourth-order valence-corrected chi connectivity index (χ4v) is 8.36. The first-order chi connectivity index (χ1) is 25.8. The van der Waals surface area contributed by atoms with E-state index in [0.29, 0.717) is 0 Å². The Balaban J connectivity index is 1.16. The SMILES string of the molecule is C1=c2nc(-c3ccccc3)nc(-n3c4ccccc4c4c5cc(-c6ccc7c(c6)c6ccccc6n7-c6ccccc6)ccc5ccc43)c2=CCC1. The molecule has 0 bridgehead atoms. The summed E-state index contributed by atoms with van der Waals surface area (Å²) in [5, 5.41) is 9.53. The molecule has 0 saturated carbocycles. The van der Waals surface area contributed by atoms with Crippen LogP contribution in [0.15, 0.2) is 158 Å². The van der Waals surface area contributed by atoms with E-state index in [9.17, 15) is 0 Å². The Labute approximate surface area is 299 Å². The third kappa shape index (κ3) is 4.34. The fraction of sp³-hybridized carbons (Fsp3) is 0.0417. The number of nitrogens with zero attached hydrogens (tertiary/aromatic N) is 4. The van der Waals surface area contributed by atoms with Gasteiger partial charge in [-0.15, -0.1) is 0 Å². The van der Waals surface area contributed by atoms with E-state index in [1.165, 1.54) is 60.2 Å². The number of fused-ring (bicyclic) bond motifs is 9. The smallest absolute Gasteiger partial charge is 0.162 e. The topological polar surface area (TPSA) is 35.6 Å². The van der Waals surface area contributed by atoms with Gasteiger partial charge in [-0.2, -0.15) is 0 Å². The van der Waals surface area contributed by atoms with Crippen molar-refractivity contribution in [3.63, 3.8) is 0 Å². The van der Waals surface area contributed by atoms with Gasteiger partial charge in [0.05, 0.1) is 27.4 Å². The molecular weight excluding hydrogens is 633 g/mol. The summed E-state index contributed by atoms with van der Waals surface area (Å²) >= 11 is 0. The van der Waals surface area contributed by atoms with E-state index in [1.54, 1.807) is 0 Å². The van der Waals surface area contributed by atoms with Gasteiger partial charge in [-0.05, 0) is 83.3 Å². The predicted molar refractivity (Wildman–Crippen MR) is 217 cm³/mol. The van der Waals surface area contributed by atoms with E-state index in [2.05, 4.69) is 173 Å². The summed E-state index contributed by atoms with van der Waals surface area (Å²) < 4.78 is 4.74. The number of hydrogen-bond donors (Lipinski definition) is 0. The lowest BCUT2D eigenvalue weighted by atomic mass is 9.97. The number of para-hydroxylation sites is 3. The van der Waals surface area contributed by atoms with Crippen LogP contribution in [0.2, 0.25) is 0 Å². The normalized spacial score (nSPS) is 12.8. The number of hydrogen-bond acceptors (Lipinski definition) is 2. The third-order valence-corrected chi connectivity index (χ3v) is 10.7. The number of aromatic nitrogens is 4. The highest BCUT2D eigenvalue weighted by atomic mass is 15.1. The molecule has 10 aromatic rings. The minimum atomic E-state index is 0.749. The van der Waals surface area contributed by atoms with Gasteiger partial charge in [0.15, 0.2) is 5.82 Å². The minimum Gasteiger partial charge on any atom is -0.309 e. The molecule has 0 radical (unpaired) electrons. The highest BCUT2D eigenvalue weighted by Crippen LogP contribution is 2.39. The number of rotatable bonds is 4. The molecule has 0 atom stereocenters. The van der Waals surface area contributed by atoms with Crippen LogP contribution >= 0.6 is 0 Å². The zero-order valence-corrected chi connectivity index (χ0v) is 28.4. The second-order valence-corrected chi connectivity index (χ2v) is 13.7. The van der Waals surface area contributed by atoms with E-state index in [1.807, 2.05) is 6.07 Å². The second-order valence-electron chi connectivity index (χ2n) is 13.7. The molecule has 7 aromatic carbocycles. The fourth-order valence-electron chi connectivity index (χ4n) is 8.36. The van der Waals surface area contributed by atoms with Gasteiger partial charge >= 0.3 is 0 Å². The molecule has 4 heteroatoms. The minimum absolute atomic E-state index is 0.749. The van der Waals surface area contributed by atoms with E-state index >= 15 is 0 Å². The summed E-state index contributed by atoms with van der Waals surface area (Å²) in [5.41, 5.74) is 9.30. The maximum absolute atomic E-state index is 5.32. The molecule has 0 fully saturated rings. The Bertz CT molecular complexity index is 3170. The Morgan fingerprint density at radius 1 is 0.423 bits per heavy atom. The Morgan fingerprint density at radius 3 is 1.87 bits per heavy atom. The van der Waals surface area contributed by atoms with Crippen LogP contribution in [0.1, 0.15) is 12.8 Å². The van der Waals surface area contributed by atoms with Crippen molar-refractivity contribution >= 4 is 66.5 Å². The van der Waals surface area contributed by atoms with Gasteiger partial charge in [0.25, 0.3) is 0 Å². The second kappa shape index (κ2) is 11.4. The molecule has 0 N–H and O–H groups in total. The van der Waals surface area contributed by atoms with Crippen LogP contribution in [-0.2, 0) is 0 Å². The van der Waals surface area contributed by atoms with E-state index in [-0.39, 0.29) is 0 Å². The zero-order chi connectivity index (χ0) is 34.2. The standard InChI is InChI=1S/C48H32N4/c1-3-13-32(14-4-1)47-49-41-20-10-7-18-37(41)48(50-47)52-43-22-12-9-19-38(43)46-39-29-33(24-23-31(39)25-28-45(46)52)34-26-27-44-40(30-34)36-17-8-11-21-42(36)51(44)35-15-5-2-6-16-35/h1-6,8-9,11-30H,7,10H2. The van der Waals surface area contributed by atoms with Crippen LogP contribution < -0.4 is 10.6 Å². The van der Waals surface area contributed by atoms with Crippen molar-refractivity contribution < 1.29 is 0 Å².